The molecule has 1 aromatic heterocycles. The number of fused-ring (bicyclic) bond motifs is 1. The van der Waals surface area contributed by atoms with Gasteiger partial charge in [-0.2, -0.15) is 0 Å². The number of nitrogens with zero attached hydrogens (tertiary/aromatic N) is 2. The summed E-state index contributed by atoms with van der Waals surface area (Å²) in [5.41, 5.74) is 1.70. The average molecular weight is 278 g/mol. The van der Waals surface area contributed by atoms with Crippen molar-refractivity contribution in [3.05, 3.63) is 35.5 Å². The average Bonchev–Trinajstić information content (AvgIpc) is 2.38. The first-order valence-electron chi connectivity index (χ1n) is 6.01. The Morgan fingerprint density at radius 2 is 2.11 bits per heavy atom. The van der Waals surface area contributed by atoms with Crippen molar-refractivity contribution >= 4 is 34.1 Å². The first-order valence-corrected chi connectivity index (χ1v) is 6.39. The lowest BCUT2D eigenvalue weighted by Gasteiger charge is -2.19. The van der Waals surface area contributed by atoms with Crippen LogP contribution in [0.5, 0.6) is 0 Å². The molecule has 1 aromatic carbocycles. The summed E-state index contributed by atoms with van der Waals surface area (Å²) in [4.78, 5) is 17.7. The van der Waals surface area contributed by atoms with Gasteiger partial charge in [0.2, 0.25) is 5.91 Å². The Kier molecular flexibility index (Phi) is 3.90. The highest BCUT2D eigenvalue weighted by Crippen LogP contribution is 2.25. The van der Waals surface area contributed by atoms with Crippen molar-refractivity contribution in [1.29, 1.82) is 0 Å². The molecule has 19 heavy (non-hydrogen) atoms. The lowest BCUT2D eigenvalue weighted by molar-refractivity contribution is -0.129. The third-order valence-corrected chi connectivity index (χ3v) is 3.12. The Balaban J connectivity index is 2.35. The maximum absolute atomic E-state index is 11.9. The van der Waals surface area contributed by atoms with Crippen LogP contribution in [0.1, 0.15) is 6.92 Å². The van der Waals surface area contributed by atoms with Gasteiger partial charge in [-0.15, -0.1) is 0 Å². The van der Waals surface area contributed by atoms with Crippen molar-refractivity contribution in [3.63, 3.8) is 0 Å². The minimum atomic E-state index is -0.306. The van der Waals surface area contributed by atoms with Crippen LogP contribution in [-0.4, -0.2) is 35.9 Å². The number of anilines is 1. The Bertz CT molecular complexity index is 613. The SMILES string of the molecule is C[C@H](Nc1ccnc2ccc(Cl)cc12)C(=O)N(C)C. The number of hydrogen-bond acceptors (Lipinski definition) is 3. The molecule has 0 aliphatic rings. The molecule has 1 N–H and O–H groups in total. The largest absolute Gasteiger partial charge is 0.373 e. The molecule has 5 heteroatoms. The summed E-state index contributed by atoms with van der Waals surface area (Å²) in [6, 6.07) is 7.05. The van der Waals surface area contributed by atoms with Crippen LogP contribution < -0.4 is 5.32 Å². The number of rotatable bonds is 3. The van der Waals surface area contributed by atoms with E-state index in [0.29, 0.717) is 5.02 Å². The van der Waals surface area contributed by atoms with Crippen LogP contribution in [0.3, 0.4) is 0 Å². The number of carbonyl (C=O) groups is 1. The van der Waals surface area contributed by atoms with Gasteiger partial charge in [0.05, 0.1) is 5.52 Å². The van der Waals surface area contributed by atoms with Crippen LogP contribution in [0.25, 0.3) is 10.9 Å². The lowest BCUT2D eigenvalue weighted by Crippen LogP contribution is -2.36. The van der Waals surface area contributed by atoms with Crippen LogP contribution in [-0.2, 0) is 4.79 Å². The van der Waals surface area contributed by atoms with E-state index in [2.05, 4.69) is 10.3 Å². The van der Waals surface area contributed by atoms with E-state index in [1.807, 2.05) is 25.1 Å². The quantitative estimate of drug-likeness (QED) is 0.938. The summed E-state index contributed by atoms with van der Waals surface area (Å²) in [6.45, 7) is 1.83. The first kappa shape index (κ1) is 13.6. The number of pyridine rings is 1. The van der Waals surface area contributed by atoms with E-state index in [0.717, 1.165) is 16.6 Å². The molecule has 2 aromatic rings. The minimum absolute atomic E-state index is 0.0204. The summed E-state index contributed by atoms with van der Waals surface area (Å²) >= 11 is 6.01. The van der Waals surface area contributed by atoms with Crippen LogP contribution >= 0.6 is 11.6 Å². The van der Waals surface area contributed by atoms with Gasteiger partial charge in [0.1, 0.15) is 6.04 Å². The highest BCUT2D eigenvalue weighted by molar-refractivity contribution is 6.31. The van der Waals surface area contributed by atoms with Crippen LogP contribution in [0.4, 0.5) is 5.69 Å². The minimum Gasteiger partial charge on any atom is -0.373 e. The third kappa shape index (κ3) is 2.96. The molecule has 100 valence electrons. The third-order valence-electron chi connectivity index (χ3n) is 2.89. The molecule has 0 saturated carbocycles. The van der Waals surface area contributed by atoms with Crippen molar-refractivity contribution in [3.8, 4) is 0 Å². The molecule has 4 nitrogen and oxygen atoms in total. The van der Waals surface area contributed by atoms with E-state index in [4.69, 9.17) is 11.6 Å². The topological polar surface area (TPSA) is 45.2 Å². The Hall–Kier alpha value is -1.81. The van der Waals surface area contributed by atoms with Gasteiger partial charge in [-0.3, -0.25) is 9.78 Å². The molecule has 0 aliphatic carbocycles. The summed E-state index contributed by atoms with van der Waals surface area (Å²) < 4.78 is 0. The van der Waals surface area contributed by atoms with E-state index in [1.54, 1.807) is 31.3 Å². The van der Waals surface area contributed by atoms with Gasteiger partial charge in [0.15, 0.2) is 0 Å². The highest BCUT2D eigenvalue weighted by Gasteiger charge is 2.15. The van der Waals surface area contributed by atoms with Gasteiger partial charge in [-0.1, -0.05) is 11.6 Å². The van der Waals surface area contributed by atoms with Crippen molar-refractivity contribution in [2.24, 2.45) is 0 Å². The number of amides is 1. The van der Waals surface area contributed by atoms with Crippen LogP contribution in [0.15, 0.2) is 30.5 Å². The fraction of sp³-hybridized carbons (Fsp3) is 0.286. The number of halogens is 1. The van der Waals surface area contributed by atoms with E-state index < -0.39 is 0 Å². The fourth-order valence-corrected chi connectivity index (χ4v) is 2.10. The maximum Gasteiger partial charge on any atom is 0.244 e. The summed E-state index contributed by atoms with van der Waals surface area (Å²) in [5.74, 6) is 0.0204. The highest BCUT2D eigenvalue weighted by atomic mass is 35.5. The van der Waals surface area contributed by atoms with Gasteiger partial charge in [-0.25, -0.2) is 0 Å². The number of nitrogens with one attached hydrogen (secondary N) is 1. The number of likely N-dealkylation sites (N-methyl/N-ethyl adjacent to an activating group) is 1. The molecule has 2 rings (SSSR count). The fourth-order valence-electron chi connectivity index (χ4n) is 1.93. The summed E-state index contributed by atoms with van der Waals surface area (Å²) in [7, 11) is 3.48. The molecule has 0 spiro atoms. The molecule has 1 atom stereocenters. The number of carbonyl (C=O) groups excluding carboxylic acids is 1. The molecular weight excluding hydrogens is 262 g/mol. The molecule has 1 heterocycles. The lowest BCUT2D eigenvalue weighted by atomic mass is 10.1. The van der Waals surface area contributed by atoms with Crippen molar-refractivity contribution in [1.82, 2.24) is 9.88 Å². The zero-order valence-corrected chi connectivity index (χ0v) is 11.9. The molecule has 0 aliphatic heterocycles. The van der Waals surface area contributed by atoms with Crippen LogP contribution in [0.2, 0.25) is 5.02 Å². The summed E-state index contributed by atoms with van der Waals surface area (Å²) in [5, 5.41) is 4.76. The molecule has 0 saturated heterocycles. The number of hydrogen-bond donors (Lipinski definition) is 1. The second-order valence-electron chi connectivity index (χ2n) is 4.62. The van der Waals surface area contributed by atoms with Crippen molar-refractivity contribution in [2.45, 2.75) is 13.0 Å². The molecule has 0 radical (unpaired) electrons. The van der Waals surface area contributed by atoms with Crippen LogP contribution in [0, 0.1) is 0 Å². The van der Waals surface area contributed by atoms with E-state index in [-0.39, 0.29) is 11.9 Å². The number of aromatic nitrogens is 1. The molecule has 0 bridgehead atoms. The zero-order chi connectivity index (χ0) is 14.0. The predicted octanol–water partition coefficient (Wildman–Crippen LogP) is 2.78. The number of benzene rings is 1. The maximum atomic E-state index is 11.9. The van der Waals surface area contributed by atoms with Gasteiger partial charge in [0.25, 0.3) is 0 Å². The Morgan fingerprint density at radius 3 is 2.79 bits per heavy atom. The Morgan fingerprint density at radius 1 is 1.37 bits per heavy atom. The first-order chi connectivity index (χ1) is 8.99. The smallest absolute Gasteiger partial charge is 0.244 e. The second-order valence-corrected chi connectivity index (χ2v) is 5.06. The van der Waals surface area contributed by atoms with Gasteiger partial charge < -0.3 is 10.2 Å². The molecule has 0 unspecified atom stereocenters. The second kappa shape index (κ2) is 5.45. The molecular formula is C14H16ClN3O. The van der Waals surface area contributed by atoms with Crippen molar-refractivity contribution in [2.75, 3.05) is 19.4 Å². The van der Waals surface area contributed by atoms with E-state index in [9.17, 15) is 4.79 Å². The molecule has 1 amide bonds. The van der Waals surface area contributed by atoms with Gasteiger partial charge in [0, 0.05) is 36.4 Å². The Labute approximate surface area is 117 Å². The normalized spacial score (nSPS) is 12.2. The van der Waals surface area contributed by atoms with Crippen molar-refractivity contribution < 1.29 is 4.79 Å². The summed E-state index contributed by atoms with van der Waals surface area (Å²) in [6.07, 6.45) is 1.71. The monoisotopic (exact) mass is 277 g/mol. The van der Waals surface area contributed by atoms with Gasteiger partial charge in [-0.05, 0) is 31.2 Å². The predicted molar refractivity (Wildman–Crippen MR) is 78.5 cm³/mol. The standard InChI is InChI=1S/C14H16ClN3O/c1-9(14(19)18(2)3)17-13-6-7-16-12-5-4-10(15)8-11(12)13/h4-9H,1-3H3,(H,16,17)/t9-/m0/s1. The van der Waals surface area contributed by atoms with E-state index in [1.165, 1.54) is 0 Å². The van der Waals surface area contributed by atoms with Gasteiger partial charge >= 0.3 is 0 Å². The zero-order valence-electron chi connectivity index (χ0n) is 11.1. The van der Waals surface area contributed by atoms with E-state index >= 15 is 0 Å². The molecule has 0 fully saturated rings.